The van der Waals surface area contributed by atoms with Crippen LogP contribution in [0.5, 0.6) is 0 Å². The number of aromatic carboxylic acids is 1. The minimum atomic E-state index is -1.38. The van der Waals surface area contributed by atoms with Gasteiger partial charge in [-0.2, -0.15) is 0 Å². The lowest BCUT2D eigenvalue weighted by atomic mass is 9.76. The number of carboxylic acid groups (broad SMARTS) is 1. The standard InChI is InChI=1S/C30H33ClN2O3S/c1-30(2,37(36)32-3)19-25-20-33(27-14-10-22(11-15-27)29(34)35)17-16-23(25)18-24-6-4-5-7-28(24)21-8-12-26(31)13-9-21/h4-15,23,25H,3,16-20H2,1-2H3,(H,34,35)/t23?,25?,37-/m0/s1. The molecule has 1 N–H and O–H groups in total. The SMILES string of the molecule is C=N[S@@](=O)C(C)(C)CC1CN(c2ccc(C(=O)O)cc2)CCC1Cc1ccccc1-c1ccc(Cl)cc1. The third kappa shape index (κ3) is 6.49. The van der Waals surface area contributed by atoms with E-state index in [-0.39, 0.29) is 11.5 Å². The van der Waals surface area contributed by atoms with Gasteiger partial charge in [-0.1, -0.05) is 48.0 Å². The summed E-state index contributed by atoms with van der Waals surface area (Å²) in [4.78, 5) is 13.6. The highest BCUT2D eigenvalue weighted by Gasteiger charge is 2.37. The van der Waals surface area contributed by atoms with Gasteiger partial charge in [0.25, 0.3) is 0 Å². The fourth-order valence-electron chi connectivity index (χ4n) is 5.40. The first-order valence-electron chi connectivity index (χ1n) is 12.5. The van der Waals surface area contributed by atoms with Crippen molar-refractivity contribution in [3.63, 3.8) is 0 Å². The molecule has 0 aromatic heterocycles. The van der Waals surface area contributed by atoms with E-state index in [0.717, 1.165) is 48.6 Å². The monoisotopic (exact) mass is 536 g/mol. The van der Waals surface area contributed by atoms with Crippen molar-refractivity contribution in [1.82, 2.24) is 0 Å². The highest BCUT2D eigenvalue weighted by atomic mass is 35.5. The number of piperidine rings is 1. The molecule has 1 aliphatic rings. The van der Waals surface area contributed by atoms with Crippen LogP contribution in [0.2, 0.25) is 5.02 Å². The number of anilines is 1. The summed E-state index contributed by atoms with van der Waals surface area (Å²) >= 11 is 6.13. The highest BCUT2D eigenvalue weighted by molar-refractivity contribution is 7.85. The summed E-state index contributed by atoms with van der Waals surface area (Å²) in [7, 11) is -1.38. The van der Waals surface area contributed by atoms with Crippen molar-refractivity contribution in [3.05, 3.63) is 88.9 Å². The van der Waals surface area contributed by atoms with Crippen molar-refractivity contribution in [3.8, 4) is 11.1 Å². The van der Waals surface area contributed by atoms with Gasteiger partial charge in [0.1, 0.15) is 11.0 Å². The Morgan fingerprint density at radius 3 is 2.41 bits per heavy atom. The molecular weight excluding hydrogens is 504 g/mol. The predicted octanol–water partition coefficient (Wildman–Crippen LogP) is 6.92. The first-order chi connectivity index (χ1) is 17.7. The molecule has 0 bridgehead atoms. The number of hydrogen-bond donors (Lipinski definition) is 1. The average molecular weight is 537 g/mol. The molecule has 1 fully saturated rings. The van der Waals surface area contributed by atoms with Crippen LogP contribution in [0.3, 0.4) is 0 Å². The van der Waals surface area contributed by atoms with Crippen molar-refractivity contribution in [1.29, 1.82) is 0 Å². The van der Waals surface area contributed by atoms with Gasteiger partial charge in [-0.15, -0.1) is 0 Å². The van der Waals surface area contributed by atoms with Crippen molar-refractivity contribution < 1.29 is 14.1 Å². The Bertz CT molecular complexity index is 1270. The van der Waals surface area contributed by atoms with Gasteiger partial charge in [-0.05, 0) is 98.0 Å². The maximum atomic E-state index is 12.7. The summed E-state index contributed by atoms with van der Waals surface area (Å²) in [6, 6.07) is 23.5. The summed E-state index contributed by atoms with van der Waals surface area (Å²) in [5.41, 5.74) is 4.93. The van der Waals surface area contributed by atoms with E-state index in [1.807, 2.05) is 38.1 Å². The number of rotatable bonds is 9. The largest absolute Gasteiger partial charge is 0.478 e. The zero-order valence-corrected chi connectivity index (χ0v) is 22.8. The lowest BCUT2D eigenvalue weighted by molar-refractivity contribution is 0.0697. The molecule has 1 aliphatic heterocycles. The van der Waals surface area contributed by atoms with Gasteiger partial charge in [0, 0.05) is 30.5 Å². The summed E-state index contributed by atoms with van der Waals surface area (Å²) in [6.45, 7) is 9.20. The Labute approximate surface area is 226 Å². The molecule has 0 aliphatic carbocycles. The molecule has 37 heavy (non-hydrogen) atoms. The van der Waals surface area contributed by atoms with Gasteiger partial charge in [-0.25, -0.2) is 13.4 Å². The van der Waals surface area contributed by atoms with Crippen LogP contribution < -0.4 is 4.90 Å². The second-order valence-electron chi connectivity index (χ2n) is 10.3. The smallest absolute Gasteiger partial charge is 0.335 e. The van der Waals surface area contributed by atoms with Gasteiger partial charge in [0.15, 0.2) is 0 Å². The van der Waals surface area contributed by atoms with E-state index in [1.54, 1.807) is 12.1 Å². The Hall–Kier alpha value is -2.96. The van der Waals surface area contributed by atoms with Crippen LogP contribution in [0.4, 0.5) is 5.69 Å². The average Bonchev–Trinajstić information content (AvgIpc) is 2.90. The minimum Gasteiger partial charge on any atom is -0.478 e. The number of benzene rings is 3. The van der Waals surface area contributed by atoms with E-state index in [0.29, 0.717) is 5.92 Å². The van der Waals surface area contributed by atoms with Gasteiger partial charge in [-0.3, -0.25) is 0 Å². The normalized spacial score (nSPS) is 18.8. The maximum absolute atomic E-state index is 12.7. The molecule has 7 heteroatoms. The number of carboxylic acids is 1. The van der Waals surface area contributed by atoms with Crippen molar-refractivity contribution >= 4 is 41.0 Å². The van der Waals surface area contributed by atoms with Crippen LogP contribution in [0, 0.1) is 11.8 Å². The Morgan fingerprint density at radius 2 is 1.76 bits per heavy atom. The van der Waals surface area contributed by atoms with E-state index in [1.165, 1.54) is 11.1 Å². The second-order valence-corrected chi connectivity index (χ2v) is 12.6. The fourth-order valence-corrected chi connectivity index (χ4v) is 6.23. The lowest BCUT2D eigenvalue weighted by Crippen LogP contribution is -2.44. The molecule has 3 aromatic carbocycles. The molecular formula is C30H33ClN2O3S. The topological polar surface area (TPSA) is 70.0 Å². The summed E-state index contributed by atoms with van der Waals surface area (Å²) in [6.07, 6.45) is 2.64. The van der Waals surface area contributed by atoms with Gasteiger partial charge >= 0.3 is 5.97 Å². The second kappa shape index (κ2) is 11.6. The predicted molar refractivity (Wildman–Crippen MR) is 154 cm³/mol. The van der Waals surface area contributed by atoms with E-state index in [9.17, 15) is 14.1 Å². The molecule has 1 saturated heterocycles. The molecule has 3 aromatic rings. The molecule has 3 atom stereocenters. The number of halogens is 1. The van der Waals surface area contributed by atoms with E-state index < -0.39 is 21.7 Å². The number of nitrogens with zero attached hydrogens (tertiary/aromatic N) is 2. The van der Waals surface area contributed by atoms with Crippen LogP contribution >= 0.6 is 11.6 Å². The first kappa shape index (κ1) is 27.1. The lowest BCUT2D eigenvalue weighted by Gasteiger charge is -2.42. The Morgan fingerprint density at radius 1 is 1.08 bits per heavy atom. The molecule has 194 valence electrons. The van der Waals surface area contributed by atoms with Crippen molar-refractivity contribution in [2.24, 2.45) is 16.2 Å². The quantitative estimate of drug-likeness (QED) is 0.301. The van der Waals surface area contributed by atoms with Gasteiger partial charge < -0.3 is 10.0 Å². The highest BCUT2D eigenvalue weighted by Crippen LogP contribution is 2.38. The van der Waals surface area contributed by atoms with E-state index in [2.05, 4.69) is 52.4 Å². The van der Waals surface area contributed by atoms with E-state index in [4.69, 9.17) is 11.6 Å². The van der Waals surface area contributed by atoms with Crippen LogP contribution in [0.1, 0.15) is 42.6 Å². The molecule has 0 amide bonds. The van der Waals surface area contributed by atoms with E-state index >= 15 is 0 Å². The molecule has 2 unspecified atom stereocenters. The molecule has 0 spiro atoms. The number of hydrogen-bond acceptors (Lipinski definition) is 3. The third-order valence-corrected chi connectivity index (χ3v) is 8.97. The van der Waals surface area contributed by atoms with Crippen LogP contribution in [0.15, 0.2) is 77.2 Å². The minimum absolute atomic E-state index is 0.270. The zero-order chi connectivity index (χ0) is 26.6. The molecule has 1 heterocycles. The fraction of sp³-hybridized carbons (Fsp3) is 0.333. The molecule has 5 nitrogen and oxygen atoms in total. The first-order valence-corrected chi connectivity index (χ1v) is 14.0. The van der Waals surface area contributed by atoms with Crippen molar-refractivity contribution in [2.75, 3.05) is 18.0 Å². The van der Waals surface area contributed by atoms with Gasteiger partial charge in [0.2, 0.25) is 0 Å². The number of carbonyl (C=O) groups is 1. The third-order valence-electron chi connectivity index (χ3n) is 7.37. The summed E-state index contributed by atoms with van der Waals surface area (Å²) < 4.78 is 16.0. The molecule has 0 saturated carbocycles. The van der Waals surface area contributed by atoms with Crippen LogP contribution in [-0.4, -0.2) is 39.8 Å². The maximum Gasteiger partial charge on any atom is 0.335 e. The van der Waals surface area contributed by atoms with Crippen molar-refractivity contribution in [2.45, 2.75) is 37.9 Å². The van der Waals surface area contributed by atoms with Gasteiger partial charge in [0.05, 0.1) is 10.3 Å². The molecule has 0 radical (unpaired) electrons. The Balaban J connectivity index is 1.61. The zero-order valence-electron chi connectivity index (χ0n) is 21.3. The molecule has 4 rings (SSSR count). The van der Waals surface area contributed by atoms with Crippen LogP contribution in [-0.2, 0) is 17.4 Å². The summed E-state index contributed by atoms with van der Waals surface area (Å²) in [5, 5.41) is 9.98. The summed E-state index contributed by atoms with van der Waals surface area (Å²) in [5.74, 6) is -0.264. The Kier molecular flexibility index (Phi) is 8.50. The van der Waals surface area contributed by atoms with Crippen LogP contribution in [0.25, 0.3) is 11.1 Å².